The fourth-order valence-corrected chi connectivity index (χ4v) is 2.54. The summed E-state index contributed by atoms with van der Waals surface area (Å²) in [7, 11) is 2.04. The molecule has 0 atom stereocenters. The van der Waals surface area contributed by atoms with E-state index in [1.165, 1.54) is 5.56 Å². The SMILES string of the molecule is CN(Cc1ccccc1)c1ncccc1CNc1ccc(Cl)nn1. The molecule has 0 spiro atoms. The van der Waals surface area contributed by atoms with Crippen LogP contribution in [0.15, 0.2) is 60.8 Å². The third-order valence-corrected chi connectivity index (χ3v) is 3.79. The van der Waals surface area contributed by atoms with Crippen molar-refractivity contribution in [2.45, 2.75) is 13.1 Å². The summed E-state index contributed by atoms with van der Waals surface area (Å²) in [6.07, 6.45) is 1.81. The molecule has 24 heavy (non-hydrogen) atoms. The highest BCUT2D eigenvalue weighted by molar-refractivity contribution is 6.29. The zero-order chi connectivity index (χ0) is 16.8. The van der Waals surface area contributed by atoms with E-state index in [4.69, 9.17) is 11.6 Å². The molecular weight excluding hydrogens is 322 g/mol. The molecular formula is C18H18ClN5. The zero-order valence-electron chi connectivity index (χ0n) is 13.4. The van der Waals surface area contributed by atoms with Crippen LogP contribution in [0.1, 0.15) is 11.1 Å². The third-order valence-electron chi connectivity index (χ3n) is 3.58. The summed E-state index contributed by atoms with van der Waals surface area (Å²) in [5, 5.41) is 11.5. The van der Waals surface area contributed by atoms with Crippen molar-refractivity contribution in [3.05, 3.63) is 77.1 Å². The van der Waals surface area contributed by atoms with Crippen LogP contribution in [0, 0.1) is 0 Å². The topological polar surface area (TPSA) is 53.9 Å². The largest absolute Gasteiger partial charge is 0.364 e. The minimum Gasteiger partial charge on any atom is -0.364 e. The Labute approximate surface area is 146 Å². The molecule has 1 N–H and O–H groups in total. The molecule has 1 aromatic carbocycles. The van der Waals surface area contributed by atoms with Gasteiger partial charge in [-0.3, -0.25) is 0 Å². The average Bonchev–Trinajstić information content (AvgIpc) is 2.62. The second-order valence-corrected chi connectivity index (χ2v) is 5.81. The lowest BCUT2D eigenvalue weighted by Gasteiger charge is -2.21. The third kappa shape index (κ3) is 4.20. The monoisotopic (exact) mass is 339 g/mol. The fraction of sp³-hybridized carbons (Fsp3) is 0.167. The number of hydrogen-bond acceptors (Lipinski definition) is 5. The number of pyridine rings is 1. The Morgan fingerprint density at radius 1 is 1.00 bits per heavy atom. The Bertz CT molecular complexity index is 777. The molecule has 0 amide bonds. The molecule has 0 saturated carbocycles. The predicted octanol–water partition coefficient (Wildman–Crippen LogP) is 3.77. The molecule has 6 heteroatoms. The predicted molar refractivity (Wildman–Crippen MR) is 97.2 cm³/mol. The van der Waals surface area contributed by atoms with Gasteiger partial charge < -0.3 is 10.2 Å². The molecule has 0 bridgehead atoms. The van der Waals surface area contributed by atoms with E-state index in [9.17, 15) is 0 Å². The summed E-state index contributed by atoms with van der Waals surface area (Å²) in [6.45, 7) is 1.41. The van der Waals surface area contributed by atoms with Crippen molar-refractivity contribution in [3.8, 4) is 0 Å². The van der Waals surface area contributed by atoms with Gasteiger partial charge in [-0.15, -0.1) is 10.2 Å². The minimum atomic E-state index is 0.380. The molecule has 122 valence electrons. The summed E-state index contributed by atoms with van der Waals surface area (Å²) in [4.78, 5) is 6.67. The van der Waals surface area contributed by atoms with E-state index < -0.39 is 0 Å². The van der Waals surface area contributed by atoms with Crippen molar-refractivity contribution in [3.63, 3.8) is 0 Å². The van der Waals surface area contributed by atoms with E-state index in [-0.39, 0.29) is 0 Å². The number of halogens is 1. The summed E-state index contributed by atoms with van der Waals surface area (Å²) in [6, 6.07) is 17.8. The summed E-state index contributed by atoms with van der Waals surface area (Å²) in [5.74, 6) is 1.62. The van der Waals surface area contributed by atoms with E-state index in [1.807, 2.05) is 37.5 Å². The smallest absolute Gasteiger partial charge is 0.151 e. The average molecular weight is 340 g/mol. The van der Waals surface area contributed by atoms with Gasteiger partial charge in [0.2, 0.25) is 0 Å². The van der Waals surface area contributed by atoms with Crippen molar-refractivity contribution in [2.24, 2.45) is 0 Å². The minimum absolute atomic E-state index is 0.380. The molecule has 0 aliphatic rings. The van der Waals surface area contributed by atoms with Crippen LogP contribution in [0.3, 0.4) is 0 Å². The number of nitrogens with one attached hydrogen (secondary N) is 1. The van der Waals surface area contributed by atoms with Crippen LogP contribution < -0.4 is 10.2 Å². The lowest BCUT2D eigenvalue weighted by molar-refractivity contribution is 0.880. The van der Waals surface area contributed by atoms with Gasteiger partial charge in [0, 0.05) is 31.9 Å². The number of rotatable bonds is 6. The highest BCUT2D eigenvalue weighted by Crippen LogP contribution is 2.19. The maximum atomic E-state index is 5.75. The number of nitrogens with zero attached hydrogens (tertiary/aromatic N) is 4. The highest BCUT2D eigenvalue weighted by atomic mass is 35.5. The second-order valence-electron chi connectivity index (χ2n) is 5.42. The van der Waals surface area contributed by atoms with Crippen LogP contribution in [-0.4, -0.2) is 22.2 Å². The Hall–Kier alpha value is -2.66. The van der Waals surface area contributed by atoms with Crippen LogP contribution in [0.5, 0.6) is 0 Å². The Kier molecular flexibility index (Phi) is 5.23. The zero-order valence-corrected chi connectivity index (χ0v) is 14.1. The van der Waals surface area contributed by atoms with Gasteiger partial charge >= 0.3 is 0 Å². The van der Waals surface area contributed by atoms with E-state index in [0.29, 0.717) is 17.5 Å². The van der Waals surface area contributed by atoms with Crippen molar-refractivity contribution in [2.75, 3.05) is 17.3 Å². The molecule has 5 nitrogen and oxygen atoms in total. The lowest BCUT2D eigenvalue weighted by atomic mass is 10.2. The molecule has 0 saturated heterocycles. The lowest BCUT2D eigenvalue weighted by Crippen LogP contribution is -2.20. The first-order valence-corrected chi connectivity index (χ1v) is 8.02. The Morgan fingerprint density at radius 3 is 2.58 bits per heavy atom. The van der Waals surface area contributed by atoms with Crippen LogP contribution in [0.2, 0.25) is 5.15 Å². The van der Waals surface area contributed by atoms with Gasteiger partial charge in [0.05, 0.1) is 0 Å². The number of anilines is 2. The molecule has 0 aliphatic carbocycles. The van der Waals surface area contributed by atoms with Gasteiger partial charge in [0.1, 0.15) is 11.6 Å². The maximum Gasteiger partial charge on any atom is 0.151 e. The van der Waals surface area contributed by atoms with Crippen molar-refractivity contribution in [1.29, 1.82) is 0 Å². The van der Waals surface area contributed by atoms with Gasteiger partial charge in [-0.05, 0) is 23.8 Å². The molecule has 0 aliphatic heterocycles. The molecule has 0 radical (unpaired) electrons. The van der Waals surface area contributed by atoms with Crippen LogP contribution in [0.25, 0.3) is 0 Å². The van der Waals surface area contributed by atoms with Crippen LogP contribution in [-0.2, 0) is 13.1 Å². The summed E-state index contributed by atoms with van der Waals surface area (Å²) >= 11 is 5.75. The quantitative estimate of drug-likeness (QED) is 0.740. The van der Waals surface area contributed by atoms with E-state index >= 15 is 0 Å². The molecule has 2 heterocycles. The maximum absolute atomic E-state index is 5.75. The van der Waals surface area contributed by atoms with E-state index in [1.54, 1.807) is 12.1 Å². The van der Waals surface area contributed by atoms with Crippen molar-refractivity contribution in [1.82, 2.24) is 15.2 Å². The number of hydrogen-bond donors (Lipinski definition) is 1. The first kappa shape index (κ1) is 16.2. The van der Waals surface area contributed by atoms with Gasteiger partial charge in [0.25, 0.3) is 0 Å². The normalized spacial score (nSPS) is 10.4. The standard InChI is InChI=1S/C18H18ClN5/c1-24(13-14-6-3-2-4-7-14)18-15(8-5-11-20-18)12-21-17-10-9-16(19)22-23-17/h2-11H,12-13H2,1H3,(H,21,23). The second kappa shape index (κ2) is 7.75. The van der Waals surface area contributed by atoms with Crippen LogP contribution in [0.4, 0.5) is 11.6 Å². The number of aromatic nitrogens is 3. The molecule has 2 aromatic heterocycles. The first-order chi connectivity index (χ1) is 11.7. The first-order valence-electron chi connectivity index (χ1n) is 7.64. The highest BCUT2D eigenvalue weighted by Gasteiger charge is 2.09. The molecule has 3 rings (SSSR count). The van der Waals surface area contributed by atoms with Gasteiger partial charge in [-0.25, -0.2) is 4.98 Å². The van der Waals surface area contributed by atoms with Gasteiger partial charge in [0.15, 0.2) is 5.15 Å². The summed E-state index contributed by atoms with van der Waals surface area (Å²) in [5.41, 5.74) is 2.33. The Morgan fingerprint density at radius 2 is 1.83 bits per heavy atom. The molecule has 0 fully saturated rings. The van der Waals surface area contributed by atoms with Crippen molar-refractivity contribution < 1.29 is 0 Å². The van der Waals surface area contributed by atoms with Gasteiger partial charge in [-0.2, -0.15) is 0 Å². The van der Waals surface area contributed by atoms with E-state index in [2.05, 4.69) is 43.6 Å². The Balaban J connectivity index is 1.71. The van der Waals surface area contributed by atoms with Crippen LogP contribution >= 0.6 is 11.6 Å². The fourth-order valence-electron chi connectivity index (χ4n) is 2.44. The molecule has 0 unspecified atom stereocenters. The summed E-state index contributed by atoms with van der Waals surface area (Å²) < 4.78 is 0. The van der Waals surface area contributed by atoms with E-state index in [0.717, 1.165) is 17.9 Å². The van der Waals surface area contributed by atoms with Crippen molar-refractivity contribution >= 4 is 23.2 Å². The molecule has 3 aromatic rings. The van der Waals surface area contributed by atoms with Gasteiger partial charge in [-0.1, -0.05) is 48.0 Å². The number of benzene rings is 1.